The maximum Gasteiger partial charge on any atom is 0.231 e. The number of fused-ring (bicyclic) bond motifs is 1. The molecule has 1 saturated heterocycles. The number of carbonyl (C=O) groups excluding carboxylic acids is 1. The third kappa shape index (κ3) is 4.59. The molecular formula is C22H28N6O2. The fourth-order valence-electron chi connectivity index (χ4n) is 3.93. The third-order valence-electron chi connectivity index (χ3n) is 5.43. The lowest BCUT2D eigenvalue weighted by Gasteiger charge is -2.32. The van der Waals surface area contributed by atoms with E-state index in [1.54, 1.807) is 18.6 Å². The van der Waals surface area contributed by atoms with Crippen molar-refractivity contribution in [2.75, 3.05) is 36.5 Å². The van der Waals surface area contributed by atoms with E-state index in [0.29, 0.717) is 25.7 Å². The summed E-state index contributed by atoms with van der Waals surface area (Å²) in [6, 6.07) is 7.97. The summed E-state index contributed by atoms with van der Waals surface area (Å²) in [7, 11) is 0. The Morgan fingerprint density at radius 1 is 1.30 bits per heavy atom. The second-order valence-electron chi connectivity index (χ2n) is 7.46. The fourth-order valence-corrected chi connectivity index (χ4v) is 3.93. The predicted octanol–water partition coefficient (Wildman–Crippen LogP) is 3.11. The van der Waals surface area contributed by atoms with Crippen molar-refractivity contribution >= 4 is 28.7 Å². The van der Waals surface area contributed by atoms with E-state index in [-0.39, 0.29) is 11.8 Å². The number of aromatic nitrogens is 4. The maximum atomic E-state index is 13.1. The first-order valence-electron chi connectivity index (χ1n) is 10.6. The number of nitrogens with one attached hydrogen (secondary N) is 1. The Morgan fingerprint density at radius 2 is 2.20 bits per heavy atom. The van der Waals surface area contributed by atoms with Crippen LogP contribution in [0.1, 0.15) is 26.2 Å². The first kappa shape index (κ1) is 20.3. The highest BCUT2D eigenvalue weighted by molar-refractivity contribution is 5.93. The highest BCUT2D eigenvalue weighted by Crippen LogP contribution is 2.24. The molecule has 4 rings (SSSR count). The molecule has 0 bridgehead atoms. The standard InChI is InChI=1S/C22H28N6O2/c1-2-30-14-6-13-28-19-9-4-3-8-18(19)25-22(28)26-21(29)17-7-5-12-27(16-17)20-15-23-10-11-24-20/h3-4,8-11,15,17H,2,5-7,12-14,16H2,1H3,(H,25,26,29). The number of ether oxygens (including phenoxy) is 1. The van der Waals surface area contributed by atoms with Crippen LogP contribution >= 0.6 is 0 Å². The van der Waals surface area contributed by atoms with E-state index in [4.69, 9.17) is 4.74 Å². The summed E-state index contributed by atoms with van der Waals surface area (Å²) in [4.78, 5) is 28.4. The zero-order valence-electron chi connectivity index (χ0n) is 17.3. The van der Waals surface area contributed by atoms with E-state index in [1.807, 2.05) is 31.2 Å². The lowest BCUT2D eigenvalue weighted by atomic mass is 9.97. The Balaban J connectivity index is 1.48. The van der Waals surface area contributed by atoms with Crippen molar-refractivity contribution in [1.29, 1.82) is 0 Å². The molecule has 0 aliphatic carbocycles. The van der Waals surface area contributed by atoms with Crippen LogP contribution in [-0.4, -0.2) is 51.7 Å². The highest BCUT2D eigenvalue weighted by Gasteiger charge is 2.27. The number of anilines is 2. The number of benzene rings is 1. The van der Waals surface area contributed by atoms with Crippen molar-refractivity contribution in [2.45, 2.75) is 32.7 Å². The molecule has 0 radical (unpaired) electrons. The summed E-state index contributed by atoms with van der Waals surface area (Å²) >= 11 is 0. The molecule has 1 aromatic carbocycles. The molecule has 1 atom stereocenters. The van der Waals surface area contributed by atoms with Gasteiger partial charge in [-0.1, -0.05) is 12.1 Å². The number of para-hydroxylation sites is 2. The first-order valence-corrected chi connectivity index (χ1v) is 10.6. The molecule has 1 amide bonds. The molecule has 0 saturated carbocycles. The van der Waals surface area contributed by atoms with Crippen molar-refractivity contribution in [1.82, 2.24) is 19.5 Å². The van der Waals surface area contributed by atoms with Gasteiger partial charge in [-0.3, -0.25) is 15.1 Å². The van der Waals surface area contributed by atoms with Gasteiger partial charge < -0.3 is 14.2 Å². The average Bonchev–Trinajstić information content (AvgIpc) is 3.14. The smallest absolute Gasteiger partial charge is 0.231 e. The van der Waals surface area contributed by atoms with Crippen LogP contribution in [0, 0.1) is 5.92 Å². The number of carbonyl (C=O) groups is 1. The summed E-state index contributed by atoms with van der Waals surface area (Å²) < 4.78 is 7.56. The van der Waals surface area contributed by atoms with Crippen LogP contribution in [0.4, 0.5) is 11.8 Å². The SMILES string of the molecule is CCOCCCn1c(NC(=O)C2CCCN(c3cnccn3)C2)nc2ccccc21. The largest absolute Gasteiger partial charge is 0.382 e. The van der Waals surface area contributed by atoms with Crippen LogP contribution in [-0.2, 0) is 16.1 Å². The third-order valence-corrected chi connectivity index (χ3v) is 5.43. The summed E-state index contributed by atoms with van der Waals surface area (Å²) in [5.41, 5.74) is 1.91. The quantitative estimate of drug-likeness (QED) is 0.577. The minimum absolute atomic E-state index is 0.00459. The molecule has 158 valence electrons. The zero-order chi connectivity index (χ0) is 20.8. The minimum Gasteiger partial charge on any atom is -0.382 e. The molecule has 30 heavy (non-hydrogen) atoms. The fraction of sp³-hybridized carbons (Fsp3) is 0.455. The van der Waals surface area contributed by atoms with Gasteiger partial charge in [-0.25, -0.2) is 9.97 Å². The molecule has 8 heteroatoms. The molecule has 1 aliphatic rings. The van der Waals surface area contributed by atoms with Crippen LogP contribution in [0.15, 0.2) is 42.9 Å². The van der Waals surface area contributed by atoms with Crippen molar-refractivity contribution in [2.24, 2.45) is 5.92 Å². The Morgan fingerprint density at radius 3 is 3.03 bits per heavy atom. The number of rotatable bonds is 8. The monoisotopic (exact) mass is 408 g/mol. The number of amides is 1. The number of aryl methyl sites for hydroxylation is 1. The second-order valence-corrected chi connectivity index (χ2v) is 7.46. The molecule has 1 fully saturated rings. The van der Waals surface area contributed by atoms with Gasteiger partial charge in [-0.15, -0.1) is 0 Å². The topological polar surface area (TPSA) is 85.2 Å². The van der Waals surface area contributed by atoms with E-state index < -0.39 is 0 Å². The number of hydrogen-bond donors (Lipinski definition) is 1. The van der Waals surface area contributed by atoms with Crippen molar-refractivity contribution < 1.29 is 9.53 Å². The Labute approximate surface area is 176 Å². The summed E-state index contributed by atoms with van der Waals surface area (Å²) in [6.07, 6.45) is 7.75. The minimum atomic E-state index is -0.113. The van der Waals surface area contributed by atoms with Crippen LogP contribution in [0.2, 0.25) is 0 Å². The van der Waals surface area contributed by atoms with Gasteiger partial charge in [0.25, 0.3) is 0 Å². The predicted molar refractivity (Wildman–Crippen MR) is 116 cm³/mol. The van der Waals surface area contributed by atoms with Gasteiger partial charge in [0, 0.05) is 45.2 Å². The first-order chi connectivity index (χ1) is 14.8. The molecule has 2 aromatic heterocycles. The van der Waals surface area contributed by atoms with Gasteiger partial charge in [0.1, 0.15) is 5.82 Å². The highest BCUT2D eigenvalue weighted by atomic mass is 16.5. The van der Waals surface area contributed by atoms with Gasteiger partial charge in [-0.2, -0.15) is 0 Å². The summed E-state index contributed by atoms with van der Waals surface area (Å²) in [6.45, 7) is 5.65. The summed E-state index contributed by atoms with van der Waals surface area (Å²) in [5, 5.41) is 3.09. The van der Waals surface area contributed by atoms with E-state index in [1.165, 1.54) is 0 Å². The van der Waals surface area contributed by atoms with Crippen LogP contribution in [0.5, 0.6) is 0 Å². The summed E-state index contributed by atoms with van der Waals surface area (Å²) in [5.74, 6) is 1.31. The van der Waals surface area contributed by atoms with Crippen molar-refractivity contribution in [3.63, 3.8) is 0 Å². The van der Waals surface area contributed by atoms with Gasteiger partial charge in [0.15, 0.2) is 0 Å². The van der Waals surface area contributed by atoms with Crippen molar-refractivity contribution in [3.8, 4) is 0 Å². The van der Waals surface area contributed by atoms with Gasteiger partial charge in [0.05, 0.1) is 23.1 Å². The molecule has 0 spiro atoms. The normalized spacial score (nSPS) is 16.7. The number of hydrogen-bond acceptors (Lipinski definition) is 6. The number of nitrogens with zero attached hydrogens (tertiary/aromatic N) is 5. The molecule has 1 unspecified atom stereocenters. The van der Waals surface area contributed by atoms with Gasteiger partial charge in [-0.05, 0) is 38.3 Å². The molecule has 1 N–H and O–H groups in total. The number of piperidine rings is 1. The van der Waals surface area contributed by atoms with E-state index in [2.05, 4.69) is 29.7 Å². The zero-order valence-corrected chi connectivity index (χ0v) is 17.3. The molecule has 8 nitrogen and oxygen atoms in total. The Kier molecular flexibility index (Phi) is 6.53. The van der Waals surface area contributed by atoms with Gasteiger partial charge >= 0.3 is 0 Å². The molecule has 3 heterocycles. The lowest BCUT2D eigenvalue weighted by molar-refractivity contribution is -0.120. The van der Waals surface area contributed by atoms with Crippen LogP contribution < -0.4 is 10.2 Å². The molecule has 3 aromatic rings. The average molecular weight is 409 g/mol. The van der Waals surface area contributed by atoms with Gasteiger partial charge in [0.2, 0.25) is 11.9 Å². The van der Waals surface area contributed by atoms with E-state index in [9.17, 15) is 4.79 Å². The second kappa shape index (κ2) is 9.67. The maximum absolute atomic E-state index is 13.1. The van der Waals surface area contributed by atoms with Crippen molar-refractivity contribution in [3.05, 3.63) is 42.9 Å². The molecule has 1 aliphatic heterocycles. The van der Waals surface area contributed by atoms with Crippen LogP contribution in [0.3, 0.4) is 0 Å². The van der Waals surface area contributed by atoms with E-state index >= 15 is 0 Å². The Hall–Kier alpha value is -3.00. The Bertz CT molecular complexity index is 974. The lowest BCUT2D eigenvalue weighted by Crippen LogP contribution is -2.41. The van der Waals surface area contributed by atoms with Crippen LogP contribution in [0.25, 0.3) is 11.0 Å². The van der Waals surface area contributed by atoms with E-state index in [0.717, 1.165) is 49.2 Å². The molecular weight excluding hydrogens is 380 g/mol. The number of imidazole rings is 1.